The second-order valence-corrected chi connectivity index (χ2v) is 8.18. The number of nitrogens with zero attached hydrogens (tertiary/aromatic N) is 5. The smallest absolute Gasteiger partial charge is 0.254 e. The first-order chi connectivity index (χ1) is 16.0. The lowest BCUT2D eigenvalue weighted by atomic mass is 9.99. The van der Waals surface area contributed by atoms with E-state index in [0.717, 1.165) is 16.0 Å². The van der Waals surface area contributed by atoms with Crippen LogP contribution in [0.15, 0.2) is 54.2 Å². The van der Waals surface area contributed by atoms with Crippen LogP contribution in [0, 0.1) is 0 Å². The number of methoxy groups -OCH3 is 3. The van der Waals surface area contributed by atoms with Gasteiger partial charge in [0.2, 0.25) is 5.75 Å². The van der Waals surface area contributed by atoms with Crippen LogP contribution in [-0.2, 0) is 6.54 Å². The van der Waals surface area contributed by atoms with Crippen molar-refractivity contribution in [2.45, 2.75) is 6.54 Å². The molecule has 0 unspecified atom stereocenters. The zero-order valence-corrected chi connectivity index (χ0v) is 19.5. The Bertz CT molecular complexity index is 1240. The maximum Gasteiger partial charge on any atom is 0.254 e. The van der Waals surface area contributed by atoms with E-state index in [2.05, 4.69) is 15.5 Å². The third-order valence-corrected chi connectivity index (χ3v) is 5.97. The van der Waals surface area contributed by atoms with E-state index in [1.165, 1.54) is 11.0 Å². The van der Waals surface area contributed by atoms with Gasteiger partial charge < -0.3 is 19.1 Å². The molecule has 4 rings (SSSR count). The van der Waals surface area contributed by atoms with E-state index in [9.17, 15) is 4.79 Å². The number of hydrogen-bond donors (Lipinski definition) is 0. The summed E-state index contributed by atoms with van der Waals surface area (Å²) in [6.07, 6.45) is 1.48. The molecule has 2 heterocycles. The second-order valence-electron chi connectivity index (χ2n) is 7.15. The largest absolute Gasteiger partial charge is 0.493 e. The summed E-state index contributed by atoms with van der Waals surface area (Å²) in [5, 5.41) is 13.4. The number of rotatable bonds is 8. The molecule has 0 atom stereocenters. The van der Waals surface area contributed by atoms with E-state index >= 15 is 0 Å². The average Bonchev–Trinajstić information content (AvgIpc) is 3.56. The third-order valence-electron chi connectivity index (χ3n) is 5.11. The number of ether oxygens (including phenoxy) is 3. The van der Waals surface area contributed by atoms with E-state index in [-0.39, 0.29) is 5.91 Å². The van der Waals surface area contributed by atoms with Crippen LogP contribution in [0.1, 0.15) is 15.2 Å². The highest BCUT2D eigenvalue weighted by Crippen LogP contribution is 2.44. The molecule has 9 nitrogen and oxygen atoms in total. The molecule has 0 bridgehead atoms. The lowest BCUT2D eigenvalue weighted by Gasteiger charge is -2.19. The second kappa shape index (κ2) is 9.70. The van der Waals surface area contributed by atoms with Gasteiger partial charge in [-0.15, -0.1) is 16.4 Å². The summed E-state index contributed by atoms with van der Waals surface area (Å²) in [6.45, 7) is 0.515. The number of thiophene rings is 1. The highest BCUT2D eigenvalue weighted by molar-refractivity contribution is 7.09. The Morgan fingerprint density at radius 1 is 1.06 bits per heavy atom. The van der Waals surface area contributed by atoms with Crippen LogP contribution in [-0.4, -0.2) is 59.4 Å². The van der Waals surface area contributed by atoms with Crippen molar-refractivity contribution in [3.8, 4) is 34.1 Å². The molecule has 33 heavy (non-hydrogen) atoms. The Balaban J connectivity index is 1.82. The first-order valence-corrected chi connectivity index (χ1v) is 10.9. The standard InChI is InChI=1S/C23H23N5O4S/c1-27(13-18-6-5-9-33-18)23(29)16-10-15(11-17(12-16)28-14-24-25-26-28)19-7-8-20(30-2)22(32-4)21(19)31-3/h5-12,14H,13H2,1-4H3. The molecule has 0 aliphatic heterocycles. The molecular weight excluding hydrogens is 442 g/mol. The molecule has 0 spiro atoms. The van der Waals surface area contributed by atoms with Crippen LogP contribution in [0.2, 0.25) is 0 Å². The molecule has 4 aromatic rings. The van der Waals surface area contributed by atoms with Crippen molar-refractivity contribution in [2.75, 3.05) is 28.4 Å². The van der Waals surface area contributed by atoms with Gasteiger partial charge in [0, 0.05) is 23.1 Å². The zero-order valence-electron chi connectivity index (χ0n) is 18.7. The Kier molecular flexibility index (Phi) is 6.55. The zero-order chi connectivity index (χ0) is 23.4. The van der Waals surface area contributed by atoms with E-state index in [1.54, 1.807) is 56.7 Å². The summed E-state index contributed by atoms with van der Waals surface area (Å²) in [4.78, 5) is 16.1. The molecule has 10 heteroatoms. The highest BCUT2D eigenvalue weighted by Gasteiger charge is 2.21. The van der Waals surface area contributed by atoms with Gasteiger partial charge in [0.1, 0.15) is 6.33 Å². The quantitative estimate of drug-likeness (QED) is 0.392. The van der Waals surface area contributed by atoms with Gasteiger partial charge in [0.05, 0.1) is 33.6 Å². The van der Waals surface area contributed by atoms with E-state index < -0.39 is 0 Å². The van der Waals surface area contributed by atoms with Crippen LogP contribution >= 0.6 is 11.3 Å². The van der Waals surface area contributed by atoms with Gasteiger partial charge in [0.25, 0.3) is 5.91 Å². The van der Waals surface area contributed by atoms with Gasteiger partial charge in [0.15, 0.2) is 11.5 Å². The maximum atomic E-state index is 13.3. The van der Waals surface area contributed by atoms with E-state index in [1.807, 2.05) is 35.7 Å². The van der Waals surface area contributed by atoms with Crippen molar-refractivity contribution >= 4 is 17.2 Å². The van der Waals surface area contributed by atoms with Crippen molar-refractivity contribution in [3.05, 3.63) is 64.6 Å². The number of amides is 1. The molecule has 2 aromatic carbocycles. The number of tetrazole rings is 1. The van der Waals surface area contributed by atoms with Crippen LogP contribution in [0.5, 0.6) is 17.2 Å². The summed E-state index contributed by atoms with van der Waals surface area (Å²) >= 11 is 1.61. The molecule has 0 saturated heterocycles. The van der Waals surface area contributed by atoms with Crippen molar-refractivity contribution in [1.29, 1.82) is 0 Å². The maximum absolute atomic E-state index is 13.3. The van der Waals surface area contributed by atoms with Crippen LogP contribution in [0.3, 0.4) is 0 Å². The lowest BCUT2D eigenvalue weighted by Crippen LogP contribution is -2.26. The Labute approximate surface area is 195 Å². The minimum absolute atomic E-state index is 0.126. The molecule has 1 amide bonds. The number of carbonyl (C=O) groups excluding carboxylic acids is 1. The fourth-order valence-corrected chi connectivity index (χ4v) is 4.32. The topological polar surface area (TPSA) is 91.6 Å². The summed E-state index contributed by atoms with van der Waals surface area (Å²) in [5.41, 5.74) is 2.62. The molecule has 0 saturated carbocycles. The van der Waals surface area contributed by atoms with Gasteiger partial charge in [-0.3, -0.25) is 4.79 Å². The minimum Gasteiger partial charge on any atom is -0.493 e. The fourth-order valence-electron chi connectivity index (χ4n) is 3.56. The van der Waals surface area contributed by atoms with Crippen LogP contribution in [0.25, 0.3) is 16.8 Å². The van der Waals surface area contributed by atoms with Crippen molar-refractivity contribution < 1.29 is 19.0 Å². The van der Waals surface area contributed by atoms with Crippen molar-refractivity contribution in [2.24, 2.45) is 0 Å². The molecule has 0 radical (unpaired) electrons. The van der Waals surface area contributed by atoms with Crippen LogP contribution < -0.4 is 14.2 Å². The number of aromatic nitrogens is 4. The molecule has 2 aromatic heterocycles. The molecule has 0 aliphatic rings. The molecular formula is C23H23N5O4S. The Morgan fingerprint density at radius 3 is 2.52 bits per heavy atom. The normalized spacial score (nSPS) is 10.7. The van der Waals surface area contributed by atoms with Gasteiger partial charge in [-0.25, -0.2) is 4.68 Å². The number of carbonyl (C=O) groups is 1. The van der Waals surface area contributed by atoms with Crippen molar-refractivity contribution in [3.63, 3.8) is 0 Å². The fraction of sp³-hybridized carbons (Fsp3) is 0.217. The minimum atomic E-state index is -0.126. The predicted molar refractivity (Wildman–Crippen MR) is 124 cm³/mol. The molecule has 0 fully saturated rings. The van der Waals surface area contributed by atoms with Gasteiger partial charge >= 0.3 is 0 Å². The monoisotopic (exact) mass is 465 g/mol. The summed E-state index contributed by atoms with van der Waals surface area (Å²) in [5.74, 6) is 1.38. The average molecular weight is 466 g/mol. The molecule has 0 aliphatic carbocycles. The summed E-state index contributed by atoms with van der Waals surface area (Å²) < 4.78 is 18.1. The number of hydrogen-bond acceptors (Lipinski definition) is 8. The van der Waals surface area contributed by atoms with Crippen LogP contribution in [0.4, 0.5) is 0 Å². The van der Waals surface area contributed by atoms with E-state index in [4.69, 9.17) is 14.2 Å². The first kappa shape index (κ1) is 22.3. The summed E-state index contributed by atoms with van der Waals surface area (Å²) in [6, 6.07) is 13.1. The molecule has 0 N–H and O–H groups in total. The Hall–Kier alpha value is -3.92. The lowest BCUT2D eigenvalue weighted by molar-refractivity contribution is 0.0786. The highest BCUT2D eigenvalue weighted by atomic mass is 32.1. The Morgan fingerprint density at radius 2 is 1.88 bits per heavy atom. The van der Waals surface area contributed by atoms with Gasteiger partial charge in [-0.2, -0.15) is 0 Å². The number of benzene rings is 2. The summed E-state index contributed by atoms with van der Waals surface area (Å²) in [7, 11) is 6.46. The molecule has 170 valence electrons. The van der Waals surface area contributed by atoms with Gasteiger partial charge in [-0.1, -0.05) is 6.07 Å². The van der Waals surface area contributed by atoms with E-state index in [0.29, 0.717) is 35.0 Å². The SMILES string of the molecule is COc1ccc(-c2cc(C(=O)N(C)Cc3cccs3)cc(-n3cnnn3)c2)c(OC)c1OC. The predicted octanol–water partition coefficient (Wildman–Crippen LogP) is 3.69. The van der Waals surface area contributed by atoms with Crippen molar-refractivity contribution in [1.82, 2.24) is 25.1 Å². The third kappa shape index (κ3) is 4.51. The van der Waals surface area contributed by atoms with Gasteiger partial charge in [-0.05, 0) is 57.8 Å². The first-order valence-electron chi connectivity index (χ1n) is 10.0.